The monoisotopic (exact) mass is 825 g/mol. The van der Waals surface area contributed by atoms with Gasteiger partial charge in [-0.3, -0.25) is 9.59 Å². The number of esters is 2. The third kappa shape index (κ3) is 30.1. The topological polar surface area (TPSA) is 152 Å². The standard InChI is InChI=1S/C49H76O10/c1-3-5-7-9-11-13-15-17-19-21-23-25-27-29-31-33-35-37-44(51)56-40-42(41-57-49-48(55)47(54)46(53)43(39-50)59-49)58-45(52)38-36-34-32-30-28-26-24-22-20-18-16-14-12-10-8-6-4-2/h6-9,12-15,18-21,24-27,30,32,42-43,46-50,53-55H,3-5,10-11,16-17,22-23,28-29,31,33-41H2,1-2H3/b8-6+,9-7+,14-12+,15-13+,20-18+,21-19+,26-24+,27-25+,32-30+/t42-,43-,46+,47?,48?,49-/m0/s1. The van der Waals surface area contributed by atoms with E-state index in [0.717, 1.165) is 77.0 Å². The van der Waals surface area contributed by atoms with Crippen molar-refractivity contribution in [2.45, 2.75) is 166 Å². The van der Waals surface area contributed by atoms with Crippen molar-refractivity contribution in [3.63, 3.8) is 0 Å². The van der Waals surface area contributed by atoms with Crippen LogP contribution in [0.4, 0.5) is 0 Å². The first-order valence-corrected chi connectivity index (χ1v) is 22.0. The van der Waals surface area contributed by atoms with Crippen LogP contribution in [-0.4, -0.2) is 89.0 Å². The van der Waals surface area contributed by atoms with Crippen molar-refractivity contribution < 1.29 is 49.0 Å². The van der Waals surface area contributed by atoms with Crippen LogP contribution >= 0.6 is 0 Å². The summed E-state index contributed by atoms with van der Waals surface area (Å²) in [6.45, 7) is 3.12. The number of aliphatic hydroxyl groups is 4. The minimum atomic E-state index is -1.62. The van der Waals surface area contributed by atoms with E-state index in [1.807, 2.05) is 6.08 Å². The van der Waals surface area contributed by atoms with Gasteiger partial charge in [-0.15, -0.1) is 0 Å². The van der Waals surface area contributed by atoms with Gasteiger partial charge in [0, 0.05) is 12.8 Å². The van der Waals surface area contributed by atoms with Crippen molar-refractivity contribution in [2.75, 3.05) is 19.8 Å². The molecule has 0 amide bonds. The summed E-state index contributed by atoms with van der Waals surface area (Å²) in [5.41, 5.74) is 0. The highest BCUT2D eigenvalue weighted by Crippen LogP contribution is 2.22. The van der Waals surface area contributed by atoms with Gasteiger partial charge in [0.05, 0.1) is 13.2 Å². The normalized spacial score (nSPS) is 21.1. The van der Waals surface area contributed by atoms with E-state index >= 15 is 0 Å². The fourth-order valence-corrected chi connectivity index (χ4v) is 5.68. The largest absolute Gasteiger partial charge is 0.462 e. The summed E-state index contributed by atoms with van der Waals surface area (Å²) in [6.07, 6.45) is 45.2. The van der Waals surface area contributed by atoms with Gasteiger partial charge in [0.1, 0.15) is 31.0 Å². The summed E-state index contributed by atoms with van der Waals surface area (Å²) in [6, 6.07) is 0. The van der Waals surface area contributed by atoms with Gasteiger partial charge in [0.2, 0.25) is 0 Å². The van der Waals surface area contributed by atoms with Crippen LogP contribution in [0.1, 0.15) is 129 Å². The molecule has 0 saturated carbocycles. The SMILES string of the molecule is CC/C=C/C/C=C/C/C=C/C/C=C/C/C=C/CCCC(=O)O[C@@H](COC(=O)CCCCC/C=C/C/C=C/C/C=C/C/C=C/CCC)CO[C@H]1O[C@@H](CO)[C@@H](O)C(O)C1O. The Hall–Kier alpha value is -3.64. The molecule has 1 aliphatic rings. The lowest BCUT2D eigenvalue weighted by Gasteiger charge is -2.39. The molecule has 1 fully saturated rings. The number of carbonyl (C=O) groups is 2. The Kier molecular flexibility index (Phi) is 34.9. The Morgan fingerprint density at radius 2 is 1.02 bits per heavy atom. The number of aliphatic hydroxyl groups excluding tert-OH is 4. The smallest absolute Gasteiger partial charge is 0.306 e. The summed E-state index contributed by atoms with van der Waals surface area (Å²) in [7, 11) is 0. The lowest BCUT2D eigenvalue weighted by atomic mass is 9.99. The number of hydrogen-bond acceptors (Lipinski definition) is 10. The first-order valence-electron chi connectivity index (χ1n) is 22.0. The molecule has 0 spiro atoms. The Morgan fingerprint density at radius 3 is 1.53 bits per heavy atom. The van der Waals surface area contributed by atoms with Gasteiger partial charge < -0.3 is 39.4 Å². The lowest BCUT2D eigenvalue weighted by Crippen LogP contribution is -2.59. The number of ether oxygens (including phenoxy) is 4. The Balaban J connectivity index is 2.43. The third-order valence-corrected chi connectivity index (χ3v) is 9.12. The van der Waals surface area contributed by atoms with E-state index in [0.29, 0.717) is 19.3 Å². The minimum absolute atomic E-state index is 0.137. The molecule has 10 heteroatoms. The summed E-state index contributed by atoms with van der Waals surface area (Å²) in [5.74, 6) is -0.925. The predicted molar refractivity (Wildman–Crippen MR) is 237 cm³/mol. The van der Waals surface area contributed by atoms with Crippen LogP contribution in [0.25, 0.3) is 0 Å². The molecular weight excluding hydrogens is 749 g/mol. The van der Waals surface area contributed by atoms with Crippen LogP contribution in [-0.2, 0) is 28.5 Å². The zero-order valence-electron chi connectivity index (χ0n) is 35.9. The van der Waals surface area contributed by atoms with Gasteiger partial charge in [-0.05, 0) is 89.9 Å². The van der Waals surface area contributed by atoms with Crippen LogP contribution in [0.15, 0.2) is 109 Å². The van der Waals surface area contributed by atoms with E-state index < -0.39 is 55.4 Å². The molecule has 0 aromatic heterocycles. The maximum Gasteiger partial charge on any atom is 0.306 e. The fourth-order valence-electron chi connectivity index (χ4n) is 5.68. The lowest BCUT2D eigenvalue weighted by molar-refractivity contribution is -0.305. The Bertz CT molecular complexity index is 1320. The quantitative estimate of drug-likeness (QED) is 0.0281. The van der Waals surface area contributed by atoms with Crippen molar-refractivity contribution in [3.05, 3.63) is 109 Å². The molecular formula is C49H76O10. The maximum absolute atomic E-state index is 12.7. The molecule has 2 unspecified atom stereocenters. The number of carbonyl (C=O) groups excluding carboxylic acids is 2. The summed E-state index contributed by atoms with van der Waals surface area (Å²) >= 11 is 0. The summed E-state index contributed by atoms with van der Waals surface area (Å²) < 4.78 is 22.0. The molecule has 1 heterocycles. The molecule has 6 atom stereocenters. The molecule has 0 aromatic carbocycles. The van der Waals surface area contributed by atoms with Crippen LogP contribution in [0.3, 0.4) is 0 Å². The predicted octanol–water partition coefficient (Wildman–Crippen LogP) is 9.33. The van der Waals surface area contributed by atoms with Gasteiger partial charge in [-0.25, -0.2) is 0 Å². The van der Waals surface area contributed by atoms with Gasteiger partial charge in [0.15, 0.2) is 12.4 Å². The average molecular weight is 825 g/mol. The van der Waals surface area contributed by atoms with Crippen molar-refractivity contribution in [1.82, 2.24) is 0 Å². The van der Waals surface area contributed by atoms with Crippen molar-refractivity contribution in [1.29, 1.82) is 0 Å². The highest BCUT2D eigenvalue weighted by Gasteiger charge is 2.44. The van der Waals surface area contributed by atoms with Gasteiger partial charge >= 0.3 is 11.9 Å². The first kappa shape index (κ1) is 53.4. The van der Waals surface area contributed by atoms with E-state index in [4.69, 9.17) is 18.9 Å². The average Bonchev–Trinajstić information content (AvgIpc) is 3.23. The minimum Gasteiger partial charge on any atom is -0.462 e. The maximum atomic E-state index is 12.7. The van der Waals surface area contributed by atoms with E-state index in [2.05, 4.69) is 117 Å². The zero-order chi connectivity index (χ0) is 43.0. The molecule has 59 heavy (non-hydrogen) atoms. The second kappa shape index (κ2) is 38.6. The van der Waals surface area contributed by atoms with E-state index in [-0.39, 0.29) is 26.1 Å². The second-order valence-electron chi connectivity index (χ2n) is 14.4. The van der Waals surface area contributed by atoms with Crippen LogP contribution in [0, 0.1) is 0 Å². The third-order valence-electron chi connectivity index (χ3n) is 9.12. The van der Waals surface area contributed by atoms with Crippen molar-refractivity contribution in [2.24, 2.45) is 0 Å². The van der Waals surface area contributed by atoms with Gasteiger partial charge in [-0.2, -0.15) is 0 Å². The molecule has 1 aliphatic heterocycles. The molecule has 1 rings (SSSR count). The van der Waals surface area contributed by atoms with Crippen LogP contribution < -0.4 is 0 Å². The summed E-state index contributed by atoms with van der Waals surface area (Å²) in [5, 5.41) is 40.1. The van der Waals surface area contributed by atoms with E-state index in [9.17, 15) is 30.0 Å². The highest BCUT2D eigenvalue weighted by atomic mass is 16.7. The first-order chi connectivity index (χ1) is 28.8. The molecule has 0 bridgehead atoms. The fraction of sp³-hybridized carbons (Fsp3) is 0.592. The van der Waals surface area contributed by atoms with Crippen molar-refractivity contribution >= 4 is 11.9 Å². The molecule has 4 N–H and O–H groups in total. The highest BCUT2D eigenvalue weighted by molar-refractivity contribution is 5.70. The molecule has 0 radical (unpaired) electrons. The molecule has 332 valence electrons. The zero-order valence-corrected chi connectivity index (χ0v) is 35.9. The van der Waals surface area contributed by atoms with Crippen LogP contribution in [0.5, 0.6) is 0 Å². The van der Waals surface area contributed by atoms with Crippen LogP contribution in [0.2, 0.25) is 0 Å². The van der Waals surface area contributed by atoms with Gasteiger partial charge in [-0.1, -0.05) is 136 Å². The number of rotatable bonds is 34. The molecule has 0 aliphatic carbocycles. The Morgan fingerprint density at radius 1 is 0.542 bits per heavy atom. The number of hydrogen-bond donors (Lipinski definition) is 4. The van der Waals surface area contributed by atoms with Crippen molar-refractivity contribution in [3.8, 4) is 0 Å². The summed E-state index contributed by atoms with van der Waals surface area (Å²) in [4.78, 5) is 25.3. The molecule has 10 nitrogen and oxygen atoms in total. The second-order valence-corrected chi connectivity index (χ2v) is 14.4. The number of allylic oxidation sites excluding steroid dienone is 18. The molecule has 0 aromatic rings. The number of unbranched alkanes of at least 4 members (excludes halogenated alkanes) is 5. The molecule has 1 saturated heterocycles. The van der Waals surface area contributed by atoms with E-state index in [1.165, 1.54) is 6.42 Å². The Labute approximate surface area is 355 Å². The van der Waals surface area contributed by atoms with E-state index in [1.54, 1.807) is 0 Å². The van der Waals surface area contributed by atoms with Gasteiger partial charge in [0.25, 0.3) is 0 Å².